The van der Waals surface area contributed by atoms with E-state index in [1.807, 2.05) is 0 Å². The van der Waals surface area contributed by atoms with Gasteiger partial charge in [-0.15, -0.1) is 11.3 Å². The molecule has 0 amide bonds. The molecule has 13 heteroatoms. The van der Waals surface area contributed by atoms with Crippen LogP contribution in [0, 0.1) is 17.6 Å². The van der Waals surface area contributed by atoms with Gasteiger partial charge in [-0.1, -0.05) is 18.2 Å². The zero-order valence-electron chi connectivity index (χ0n) is 23.3. The van der Waals surface area contributed by atoms with Crippen LogP contribution in [0.15, 0.2) is 70.9 Å². The summed E-state index contributed by atoms with van der Waals surface area (Å²) in [5, 5.41) is 21.3. The molecular weight excluding hydrogens is 610 g/mol. The number of carboxylic acid groups (broad SMARTS) is 1. The average Bonchev–Trinajstić information content (AvgIpc) is 3.54. The first-order valence-electron chi connectivity index (χ1n) is 13.6. The van der Waals surface area contributed by atoms with Crippen molar-refractivity contribution in [3.8, 4) is 33.3 Å². The van der Waals surface area contributed by atoms with Crippen molar-refractivity contribution in [2.75, 3.05) is 7.11 Å². The Kier molecular flexibility index (Phi) is 7.78. The monoisotopic (exact) mass is 636 g/mol. The van der Waals surface area contributed by atoms with Gasteiger partial charge in [0.1, 0.15) is 17.4 Å². The second-order valence-electron chi connectivity index (χ2n) is 10.6. The van der Waals surface area contributed by atoms with Gasteiger partial charge in [0.15, 0.2) is 5.69 Å². The quantitative estimate of drug-likeness (QED) is 0.197. The van der Waals surface area contributed by atoms with Crippen LogP contribution in [-0.4, -0.2) is 41.4 Å². The number of benzene rings is 3. The average molecular weight is 637 g/mol. The summed E-state index contributed by atoms with van der Waals surface area (Å²) in [4.78, 5) is 15.6. The molecule has 3 N–H and O–H groups in total. The van der Waals surface area contributed by atoms with Gasteiger partial charge in [0, 0.05) is 28.5 Å². The van der Waals surface area contributed by atoms with Crippen molar-refractivity contribution in [3.05, 3.63) is 100 Å². The Hall–Kier alpha value is -4.46. The highest BCUT2D eigenvalue weighted by atomic mass is 32.2. The van der Waals surface area contributed by atoms with Crippen LogP contribution in [0.3, 0.4) is 0 Å². The number of hydrogen-bond acceptors (Lipinski definition) is 7. The van der Waals surface area contributed by atoms with Crippen molar-refractivity contribution in [1.82, 2.24) is 14.8 Å². The van der Waals surface area contributed by atoms with Crippen LogP contribution in [-0.2, 0) is 22.9 Å². The lowest BCUT2D eigenvalue weighted by molar-refractivity contribution is 0.0691. The molecule has 2 heterocycles. The van der Waals surface area contributed by atoms with Crippen molar-refractivity contribution in [1.29, 1.82) is 0 Å². The number of methoxy groups -OCH3 is 1. The topological polar surface area (TPSA) is 137 Å². The largest absolute Gasteiger partial charge is 0.497 e. The number of carbonyl (C=O) groups is 1. The number of aromatic nitrogens is 3. The summed E-state index contributed by atoms with van der Waals surface area (Å²) in [6.45, 7) is 0. The van der Waals surface area contributed by atoms with Crippen LogP contribution >= 0.6 is 11.3 Å². The summed E-state index contributed by atoms with van der Waals surface area (Å²) < 4.78 is 61.1. The van der Waals surface area contributed by atoms with Crippen molar-refractivity contribution in [2.24, 2.45) is 11.1 Å². The number of rotatable bonds is 10. The van der Waals surface area contributed by atoms with E-state index in [1.54, 1.807) is 36.4 Å². The Morgan fingerprint density at radius 2 is 1.89 bits per heavy atom. The molecule has 0 radical (unpaired) electrons. The maximum atomic E-state index is 15.4. The number of aromatic carboxylic acids is 1. The predicted octanol–water partition coefficient (Wildman–Crippen LogP) is 5.84. The smallest absolute Gasteiger partial charge is 0.355 e. The lowest BCUT2D eigenvalue weighted by Crippen LogP contribution is -2.12. The van der Waals surface area contributed by atoms with Crippen molar-refractivity contribution in [3.63, 3.8) is 0 Å². The first-order valence-corrected chi connectivity index (χ1v) is 16.0. The van der Waals surface area contributed by atoms with E-state index >= 15 is 8.78 Å². The number of halogens is 2. The number of ether oxygens (including phenoxy) is 1. The fourth-order valence-corrected chi connectivity index (χ4v) is 6.34. The molecule has 1 fully saturated rings. The van der Waals surface area contributed by atoms with E-state index in [2.05, 4.69) is 4.98 Å². The zero-order valence-corrected chi connectivity index (χ0v) is 25.0. The molecule has 2 aromatic heterocycles. The molecule has 226 valence electrons. The Morgan fingerprint density at radius 3 is 2.55 bits per heavy atom. The highest BCUT2D eigenvalue weighted by Gasteiger charge is 2.29. The fraction of sp³-hybridized carbons (Fsp3) is 0.194. The molecule has 5 aromatic rings. The van der Waals surface area contributed by atoms with Crippen LogP contribution in [0.5, 0.6) is 5.75 Å². The fourth-order valence-electron chi connectivity index (χ4n) is 5.06. The third-order valence-corrected chi connectivity index (χ3v) is 9.21. The van der Waals surface area contributed by atoms with Gasteiger partial charge in [-0.25, -0.2) is 36.8 Å². The normalized spacial score (nSPS) is 13.3. The highest BCUT2D eigenvalue weighted by Crippen LogP contribution is 2.39. The highest BCUT2D eigenvalue weighted by molar-refractivity contribution is 7.89. The maximum absolute atomic E-state index is 15.4. The summed E-state index contributed by atoms with van der Waals surface area (Å²) in [5.74, 6) is -1.50. The number of nitrogens with zero attached hydrogens (tertiary/aromatic N) is 3. The van der Waals surface area contributed by atoms with Crippen LogP contribution in [0.2, 0.25) is 0 Å². The van der Waals surface area contributed by atoms with Crippen molar-refractivity contribution < 1.29 is 31.8 Å². The Bertz CT molecular complexity index is 2020. The van der Waals surface area contributed by atoms with Gasteiger partial charge in [-0.3, -0.25) is 0 Å². The molecule has 1 saturated carbocycles. The van der Waals surface area contributed by atoms with Crippen molar-refractivity contribution in [2.45, 2.75) is 30.6 Å². The minimum absolute atomic E-state index is 0.0250. The van der Waals surface area contributed by atoms with E-state index in [4.69, 9.17) is 15.0 Å². The third kappa shape index (κ3) is 5.98. The first-order chi connectivity index (χ1) is 21.0. The molecule has 0 atom stereocenters. The van der Waals surface area contributed by atoms with Gasteiger partial charge >= 0.3 is 5.97 Å². The summed E-state index contributed by atoms with van der Waals surface area (Å²) in [6, 6.07) is 15.0. The minimum atomic E-state index is -4.11. The first kappa shape index (κ1) is 29.6. The summed E-state index contributed by atoms with van der Waals surface area (Å²) in [6.07, 6.45) is 2.64. The standard InChI is InChI=1S/C31H26F2N4O5S2/c1-42-21-4-2-3-18(12-21)23-14-20(8-10-25(23)32)29-24(13-19-7-9-22(15-26(19)33)44(34,40)41)27(11-17-5-6-17)36-37(29)31-35-28(16-43-31)30(38)39/h2-4,7-10,12,14-17H,5-6,11,13H2,1H3,(H,38,39)(H2,34,40,41). The summed E-state index contributed by atoms with van der Waals surface area (Å²) >= 11 is 1.08. The van der Waals surface area contributed by atoms with E-state index in [9.17, 15) is 18.3 Å². The third-order valence-electron chi connectivity index (χ3n) is 7.48. The Morgan fingerprint density at radius 1 is 1.09 bits per heavy atom. The Balaban J connectivity index is 1.57. The molecule has 1 aliphatic carbocycles. The lowest BCUT2D eigenvalue weighted by Gasteiger charge is -2.13. The molecule has 0 aliphatic heterocycles. The molecule has 1 aliphatic rings. The second kappa shape index (κ2) is 11.6. The molecule has 0 spiro atoms. The van der Waals surface area contributed by atoms with Gasteiger partial charge in [-0.2, -0.15) is 5.10 Å². The van der Waals surface area contributed by atoms with E-state index in [1.165, 1.54) is 35.4 Å². The van der Waals surface area contributed by atoms with E-state index < -0.39 is 27.6 Å². The van der Waals surface area contributed by atoms with Crippen LogP contribution < -0.4 is 9.88 Å². The lowest BCUT2D eigenvalue weighted by atomic mass is 9.94. The summed E-state index contributed by atoms with van der Waals surface area (Å²) in [7, 11) is -2.59. The van der Waals surface area contributed by atoms with E-state index in [0.29, 0.717) is 46.2 Å². The summed E-state index contributed by atoms with van der Waals surface area (Å²) in [5.41, 5.74) is 3.24. The van der Waals surface area contributed by atoms with Crippen LogP contribution in [0.25, 0.3) is 27.5 Å². The van der Waals surface area contributed by atoms with Gasteiger partial charge in [-0.05, 0) is 78.8 Å². The molecular formula is C31H26F2N4O5S2. The van der Waals surface area contributed by atoms with E-state index in [0.717, 1.165) is 30.2 Å². The number of sulfonamides is 1. The van der Waals surface area contributed by atoms with Gasteiger partial charge in [0.25, 0.3) is 0 Å². The number of carboxylic acids is 1. The number of thiazole rings is 1. The molecule has 3 aromatic carbocycles. The predicted molar refractivity (Wildman–Crippen MR) is 161 cm³/mol. The number of primary sulfonamides is 1. The van der Waals surface area contributed by atoms with Crippen molar-refractivity contribution >= 4 is 27.3 Å². The van der Waals surface area contributed by atoms with Crippen LogP contribution in [0.4, 0.5) is 8.78 Å². The molecule has 44 heavy (non-hydrogen) atoms. The molecule has 9 nitrogen and oxygen atoms in total. The van der Waals surface area contributed by atoms with Gasteiger partial charge in [0.05, 0.1) is 23.4 Å². The van der Waals surface area contributed by atoms with Gasteiger partial charge < -0.3 is 9.84 Å². The zero-order chi connectivity index (χ0) is 31.2. The molecule has 0 saturated heterocycles. The number of hydrogen-bond donors (Lipinski definition) is 2. The number of nitrogens with two attached hydrogens (primary N) is 1. The maximum Gasteiger partial charge on any atom is 0.355 e. The Labute approximate surface area is 255 Å². The van der Waals surface area contributed by atoms with E-state index in [-0.39, 0.29) is 33.3 Å². The van der Waals surface area contributed by atoms with Gasteiger partial charge in [0.2, 0.25) is 15.2 Å². The SMILES string of the molecule is COc1cccc(-c2cc(-c3c(Cc4ccc(S(N)(=O)=O)cc4F)c(CC4CC4)nn3-c3nc(C(=O)O)cs3)ccc2F)c1. The molecule has 0 bridgehead atoms. The van der Waals surface area contributed by atoms with Crippen LogP contribution in [0.1, 0.15) is 40.2 Å². The molecule has 6 rings (SSSR count). The second-order valence-corrected chi connectivity index (χ2v) is 13.0. The minimum Gasteiger partial charge on any atom is -0.497 e. The molecule has 0 unspecified atom stereocenters.